The largest absolute Gasteiger partial charge is 0.457 e. The molecule has 2 unspecified atom stereocenters. The van der Waals surface area contributed by atoms with Crippen LogP contribution < -0.4 is 26.0 Å². The van der Waals surface area contributed by atoms with Gasteiger partial charge in [-0.3, -0.25) is 19.7 Å². The lowest BCUT2D eigenvalue weighted by molar-refractivity contribution is -0.132. The molecule has 0 saturated carbocycles. The second-order valence-electron chi connectivity index (χ2n) is 11.1. The number of anilines is 1. The number of nitrogens with two attached hydrogens (primary N) is 1. The predicted molar refractivity (Wildman–Crippen MR) is 183 cm³/mol. The Morgan fingerprint density at radius 1 is 1.00 bits per heavy atom. The van der Waals surface area contributed by atoms with Gasteiger partial charge in [-0.25, -0.2) is 4.39 Å². The number of ether oxygens (including phenoxy) is 1. The fourth-order valence-electron chi connectivity index (χ4n) is 5.52. The van der Waals surface area contributed by atoms with Gasteiger partial charge in [0.1, 0.15) is 17.3 Å². The molecule has 5 rings (SSSR count). The number of imide groups is 1. The number of amides is 3. The van der Waals surface area contributed by atoms with Gasteiger partial charge in [0.2, 0.25) is 17.7 Å². The van der Waals surface area contributed by atoms with Crippen molar-refractivity contribution in [2.45, 2.75) is 51.2 Å². The first-order valence-corrected chi connectivity index (χ1v) is 15.6. The lowest BCUT2D eigenvalue weighted by Crippen LogP contribution is -2.47. The molecule has 1 heterocycles. The number of rotatable bonds is 12. The Bertz CT molecular complexity index is 1720. The van der Waals surface area contributed by atoms with Gasteiger partial charge in [0.25, 0.3) is 0 Å². The number of nitrogens with zero attached hydrogens (tertiary/aromatic N) is 1. The van der Waals surface area contributed by atoms with Crippen LogP contribution >= 0.6 is 24.0 Å². The van der Waals surface area contributed by atoms with E-state index in [0.29, 0.717) is 59.1 Å². The summed E-state index contributed by atoms with van der Waals surface area (Å²) in [4.78, 5) is 41.6. The molecule has 47 heavy (non-hydrogen) atoms. The van der Waals surface area contributed by atoms with Crippen molar-refractivity contribution in [1.29, 1.82) is 0 Å². The zero-order chi connectivity index (χ0) is 32.6. The summed E-state index contributed by atoms with van der Waals surface area (Å²) < 4.78 is 20.5. The molecular weight excluding hydrogens is 642 g/mol. The smallest absolute Gasteiger partial charge is 0.243 e. The Kier molecular flexibility index (Phi) is 12.5. The average Bonchev–Trinajstić information content (AvgIpc) is 3.49. The van der Waals surface area contributed by atoms with E-state index in [1.54, 1.807) is 84.6 Å². The Morgan fingerprint density at radius 3 is 2.45 bits per heavy atom. The summed E-state index contributed by atoms with van der Waals surface area (Å²) in [6, 6.07) is 25.0. The van der Waals surface area contributed by atoms with Crippen molar-refractivity contribution >= 4 is 47.4 Å². The molecule has 4 aromatic rings. The number of halogens is 3. The number of hydrogen-bond acceptors (Lipinski definition) is 6. The minimum Gasteiger partial charge on any atom is -0.457 e. The monoisotopic (exact) mass is 678 g/mol. The van der Waals surface area contributed by atoms with E-state index in [1.807, 2.05) is 12.1 Å². The maximum Gasteiger partial charge on any atom is 0.243 e. The lowest BCUT2D eigenvalue weighted by atomic mass is 9.89. The van der Waals surface area contributed by atoms with Gasteiger partial charge in [-0.05, 0) is 66.4 Å². The summed E-state index contributed by atoms with van der Waals surface area (Å²) in [7, 11) is 0. The van der Waals surface area contributed by atoms with E-state index < -0.39 is 23.8 Å². The molecule has 0 spiro atoms. The first-order valence-electron chi connectivity index (χ1n) is 15.3. The van der Waals surface area contributed by atoms with Crippen LogP contribution in [0.25, 0.3) is 0 Å². The molecule has 4 N–H and O–H groups in total. The molecule has 1 fully saturated rings. The van der Waals surface area contributed by atoms with E-state index >= 15 is 0 Å². The van der Waals surface area contributed by atoms with Crippen LogP contribution in [0.4, 0.5) is 10.1 Å². The van der Waals surface area contributed by atoms with Gasteiger partial charge in [0.15, 0.2) is 0 Å². The van der Waals surface area contributed by atoms with Crippen molar-refractivity contribution in [2.24, 2.45) is 5.73 Å². The van der Waals surface area contributed by atoms with Crippen LogP contribution in [0, 0.1) is 5.82 Å². The van der Waals surface area contributed by atoms with E-state index in [-0.39, 0.29) is 30.7 Å². The van der Waals surface area contributed by atoms with Crippen LogP contribution in [0.2, 0.25) is 5.02 Å². The van der Waals surface area contributed by atoms with Gasteiger partial charge in [-0.1, -0.05) is 67.1 Å². The summed E-state index contributed by atoms with van der Waals surface area (Å²) in [5.74, 6) is -1.60. The third-order valence-electron chi connectivity index (χ3n) is 7.99. The third-order valence-corrected chi connectivity index (χ3v) is 8.23. The minimum atomic E-state index is -0.985. The van der Waals surface area contributed by atoms with Crippen LogP contribution in [0.1, 0.15) is 54.4 Å². The molecule has 1 saturated heterocycles. The molecular formula is C36H37Cl2FN4O4. The highest BCUT2D eigenvalue weighted by Crippen LogP contribution is 2.38. The van der Waals surface area contributed by atoms with Crippen molar-refractivity contribution < 1.29 is 23.5 Å². The summed E-state index contributed by atoms with van der Waals surface area (Å²) in [6.45, 7) is 2.87. The highest BCUT2D eigenvalue weighted by atomic mass is 35.5. The van der Waals surface area contributed by atoms with E-state index in [0.717, 1.165) is 17.7 Å². The molecule has 4 aromatic carbocycles. The summed E-state index contributed by atoms with van der Waals surface area (Å²) in [5, 5.41) is 6.04. The molecule has 0 aliphatic carbocycles. The first-order chi connectivity index (χ1) is 22.3. The summed E-state index contributed by atoms with van der Waals surface area (Å²) in [5.41, 5.74) is 8.90. The lowest BCUT2D eigenvalue weighted by Gasteiger charge is -2.23. The van der Waals surface area contributed by atoms with Crippen LogP contribution in [0.3, 0.4) is 0 Å². The number of benzene rings is 4. The third kappa shape index (κ3) is 8.75. The van der Waals surface area contributed by atoms with Crippen molar-refractivity contribution in [2.75, 3.05) is 11.4 Å². The molecule has 1 aliphatic rings. The topological polar surface area (TPSA) is 114 Å². The quantitative estimate of drug-likeness (QED) is 0.155. The molecule has 8 nitrogen and oxygen atoms in total. The normalized spacial score (nSPS) is 13.9. The van der Waals surface area contributed by atoms with E-state index in [4.69, 9.17) is 22.1 Å². The predicted octanol–water partition coefficient (Wildman–Crippen LogP) is 6.62. The highest BCUT2D eigenvalue weighted by molar-refractivity contribution is 6.30. The SMILES string of the molecule is CCC(NCc1ccccc1F)C(=O)NC(=O)C(c1ccc(N2CCCC2=O)cc1)c1ccc(Cl)cc1Oc1cccc(CN)c1.Cl. The van der Waals surface area contributed by atoms with E-state index in [9.17, 15) is 18.8 Å². The van der Waals surface area contributed by atoms with Crippen LogP contribution in [0.15, 0.2) is 91.0 Å². The van der Waals surface area contributed by atoms with Crippen molar-refractivity contribution in [1.82, 2.24) is 10.6 Å². The van der Waals surface area contributed by atoms with Crippen molar-refractivity contribution in [3.05, 3.63) is 124 Å². The highest BCUT2D eigenvalue weighted by Gasteiger charge is 2.30. The van der Waals surface area contributed by atoms with E-state index in [2.05, 4.69) is 10.6 Å². The molecule has 0 radical (unpaired) electrons. The van der Waals surface area contributed by atoms with Gasteiger partial charge >= 0.3 is 0 Å². The second kappa shape index (κ2) is 16.5. The molecule has 0 bridgehead atoms. The molecule has 246 valence electrons. The van der Waals surface area contributed by atoms with Crippen LogP contribution in [-0.4, -0.2) is 30.3 Å². The average molecular weight is 680 g/mol. The minimum absolute atomic E-state index is 0. The van der Waals surface area contributed by atoms with Gasteiger partial charge in [-0.15, -0.1) is 12.4 Å². The van der Waals surface area contributed by atoms with Gasteiger partial charge in [0, 0.05) is 47.9 Å². The van der Waals surface area contributed by atoms with Crippen molar-refractivity contribution in [3.8, 4) is 11.5 Å². The molecule has 0 aromatic heterocycles. The number of carbonyl (C=O) groups excluding carboxylic acids is 3. The van der Waals surface area contributed by atoms with Crippen LogP contribution in [-0.2, 0) is 27.5 Å². The van der Waals surface area contributed by atoms with Gasteiger partial charge in [-0.2, -0.15) is 0 Å². The number of hydrogen-bond donors (Lipinski definition) is 3. The number of carbonyl (C=O) groups is 3. The zero-order valence-electron chi connectivity index (χ0n) is 25.9. The summed E-state index contributed by atoms with van der Waals surface area (Å²) >= 11 is 6.39. The summed E-state index contributed by atoms with van der Waals surface area (Å²) in [6.07, 6.45) is 1.65. The molecule has 2 atom stereocenters. The van der Waals surface area contributed by atoms with E-state index in [1.165, 1.54) is 6.07 Å². The standard InChI is InChI=1S/C36H36ClFN4O4.ClH/c1-2-31(40-22-25-8-3-4-10-30(25)38)35(44)41-36(45)34(24-12-15-27(16-13-24)42-18-6-11-33(42)43)29-17-14-26(37)20-32(29)46-28-9-5-7-23(19-28)21-39;/h3-5,7-10,12-17,19-20,31,34,40H,2,6,11,18,21-22,39H2,1H3,(H,41,44,45);1H. The van der Waals surface area contributed by atoms with Crippen LogP contribution in [0.5, 0.6) is 11.5 Å². The van der Waals surface area contributed by atoms with Crippen molar-refractivity contribution in [3.63, 3.8) is 0 Å². The second-order valence-corrected chi connectivity index (χ2v) is 11.5. The fourth-order valence-corrected chi connectivity index (χ4v) is 5.68. The Morgan fingerprint density at radius 2 is 1.77 bits per heavy atom. The molecule has 11 heteroatoms. The Labute approximate surface area is 284 Å². The number of nitrogens with one attached hydrogen (secondary N) is 2. The molecule has 3 amide bonds. The zero-order valence-corrected chi connectivity index (χ0v) is 27.5. The maximum atomic E-state index is 14.2. The first kappa shape index (κ1) is 35.6. The maximum absolute atomic E-state index is 14.2. The van der Waals surface area contributed by atoms with Gasteiger partial charge in [0.05, 0.1) is 12.0 Å². The fraction of sp³-hybridized carbons (Fsp3) is 0.250. The Balaban J connectivity index is 0.00000500. The van der Waals surface area contributed by atoms with Gasteiger partial charge < -0.3 is 20.7 Å². The molecule has 1 aliphatic heterocycles. The Hall–Kier alpha value is -4.28.